The van der Waals surface area contributed by atoms with Crippen LogP contribution in [0.15, 0.2) is 77.7 Å². The van der Waals surface area contributed by atoms with Gasteiger partial charge in [0.1, 0.15) is 18.0 Å². The molecule has 3 aromatic carbocycles. The minimum atomic E-state index is -3.88. The van der Waals surface area contributed by atoms with Gasteiger partial charge in [0.15, 0.2) is 12.4 Å². The first kappa shape index (κ1) is 24.6. The predicted molar refractivity (Wildman–Crippen MR) is 121 cm³/mol. The number of sulfonamides is 1. The number of nitro benzene ring substituents is 1. The molecule has 3 aromatic rings. The van der Waals surface area contributed by atoms with Crippen molar-refractivity contribution in [3.05, 3.63) is 94.0 Å². The highest BCUT2D eigenvalue weighted by Crippen LogP contribution is 2.24. The molecule has 0 saturated heterocycles. The number of rotatable bonds is 10. The average molecular weight is 484 g/mol. The molecule has 176 valence electrons. The van der Waals surface area contributed by atoms with Crippen LogP contribution in [0.3, 0.4) is 0 Å². The number of benzene rings is 3. The Morgan fingerprint density at radius 3 is 2.03 bits per heavy atom. The van der Waals surface area contributed by atoms with Crippen LogP contribution in [0.4, 0.5) is 5.69 Å². The summed E-state index contributed by atoms with van der Waals surface area (Å²) < 4.78 is 36.9. The van der Waals surface area contributed by atoms with Crippen LogP contribution in [0.2, 0.25) is 0 Å². The number of nitro groups is 1. The van der Waals surface area contributed by atoms with Crippen molar-refractivity contribution in [1.82, 2.24) is 4.72 Å². The molecule has 0 unspecified atom stereocenters. The van der Waals surface area contributed by atoms with Crippen LogP contribution in [-0.4, -0.2) is 38.2 Å². The lowest BCUT2D eigenvalue weighted by Gasteiger charge is -2.08. The maximum absolute atomic E-state index is 12.3. The first-order chi connectivity index (χ1) is 16.1. The highest BCUT2D eigenvalue weighted by Gasteiger charge is 2.17. The number of non-ortho nitro benzene ring substituents is 1. The number of nitrogens with one attached hydrogen (secondary N) is 1. The van der Waals surface area contributed by atoms with Crippen LogP contribution in [-0.2, 0) is 19.6 Å². The molecule has 10 nitrogen and oxygen atoms in total. The Balaban J connectivity index is 1.48. The third-order valence-corrected chi connectivity index (χ3v) is 5.98. The number of hydrogen-bond donors (Lipinski definition) is 1. The molecule has 3 rings (SSSR count). The fourth-order valence-electron chi connectivity index (χ4n) is 2.72. The summed E-state index contributed by atoms with van der Waals surface area (Å²) in [5, 5.41) is 10.7. The van der Waals surface area contributed by atoms with Gasteiger partial charge in [-0.15, -0.1) is 0 Å². The number of carbonyl (C=O) groups excluding carboxylic acids is 2. The summed E-state index contributed by atoms with van der Waals surface area (Å²) in [7, 11) is -3.88. The van der Waals surface area contributed by atoms with Crippen LogP contribution in [0.25, 0.3) is 0 Å². The lowest BCUT2D eigenvalue weighted by molar-refractivity contribution is -0.384. The van der Waals surface area contributed by atoms with E-state index in [9.17, 15) is 28.1 Å². The maximum Gasteiger partial charge on any atom is 0.321 e. The van der Waals surface area contributed by atoms with Gasteiger partial charge in [0.05, 0.1) is 9.82 Å². The zero-order chi connectivity index (χ0) is 24.7. The van der Waals surface area contributed by atoms with Gasteiger partial charge in [-0.05, 0) is 55.5 Å². The van der Waals surface area contributed by atoms with E-state index in [-0.39, 0.29) is 16.1 Å². The summed E-state index contributed by atoms with van der Waals surface area (Å²) in [6.07, 6.45) is 0. The lowest BCUT2D eigenvalue weighted by atomic mass is 10.1. The number of nitrogens with zero attached hydrogens (tertiary/aromatic N) is 1. The molecule has 0 spiro atoms. The number of hydrogen-bond acceptors (Lipinski definition) is 8. The van der Waals surface area contributed by atoms with Crippen LogP contribution < -0.4 is 9.46 Å². The Hall–Kier alpha value is -4.09. The van der Waals surface area contributed by atoms with Crippen molar-refractivity contribution < 1.29 is 32.4 Å². The van der Waals surface area contributed by atoms with Gasteiger partial charge in [-0.2, -0.15) is 4.72 Å². The summed E-state index contributed by atoms with van der Waals surface area (Å²) in [5.74, 6) is -0.613. The summed E-state index contributed by atoms with van der Waals surface area (Å²) in [5.41, 5.74) is 1.08. The van der Waals surface area contributed by atoms with Crippen molar-refractivity contribution in [3.63, 3.8) is 0 Å². The number of carbonyl (C=O) groups is 2. The Morgan fingerprint density at radius 2 is 1.47 bits per heavy atom. The zero-order valence-corrected chi connectivity index (χ0v) is 18.8. The largest absolute Gasteiger partial charge is 0.457 e. The third-order valence-electron chi connectivity index (χ3n) is 4.56. The van der Waals surface area contributed by atoms with Crippen molar-refractivity contribution in [3.8, 4) is 11.5 Å². The molecule has 0 bridgehead atoms. The van der Waals surface area contributed by atoms with Gasteiger partial charge in [0.25, 0.3) is 5.69 Å². The molecule has 0 radical (unpaired) electrons. The molecule has 0 aliphatic heterocycles. The SMILES string of the molecule is Cc1ccc(S(=O)(=O)NCC(=O)OCC(=O)c2ccc(Oc3ccc([N+](=O)[O-])cc3)cc2)cc1. The fraction of sp³-hybridized carbons (Fsp3) is 0.130. The van der Waals surface area contributed by atoms with Gasteiger partial charge < -0.3 is 9.47 Å². The van der Waals surface area contributed by atoms with Crippen molar-refractivity contribution in [2.24, 2.45) is 0 Å². The fourth-order valence-corrected chi connectivity index (χ4v) is 3.68. The average Bonchev–Trinajstić information content (AvgIpc) is 2.82. The molecule has 1 N–H and O–H groups in total. The van der Waals surface area contributed by atoms with E-state index in [4.69, 9.17) is 9.47 Å². The molecule has 34 heavy (non-hydrogen) atoms. The molecule has 0 atom stereocenters. The number of Topliss-reactive ketones (excluding diaryl/α,β-unsaturated/α-hetero) is 1. The van der Waals surface area contributed by atoms with Crippen molar-refractivity contribution >= 4 is 27.5 Å². The minimum absolute atomic E-state index is 0.0120. The van der Waals surface area contributed by atoms with Crippen LogP contribution >= 0.6 is 0 Å². The van der Waals surface area contributed by atoms with Gasteiger partial charge in [-0.3, -0.25) is 19.7 Å². The van der Waals surface area contributed by atoms with Crippen LogP contribution in [0.1, 0.15) is 15.9 Å². The Morgan fingerprint density at radius 1 is 0.912 bits per heavy atom. The predicted octanol–water partition coefficient (Wildman–Crippen LogP) is 3.40. The van der Waals surface area contributed by atoms with E-state index in [1.165, 1.54) is 60.7 Å². The molecule has 0 aliphatic carbocycles. The van der Waals surface area contributed by atoms with Gasteiger partial charge in [0, 0.05) is 17.7 Å². The number of aryl methyl sites for hydroxylation is 1. The lowest BCUT2D eigenvalue weighted by Crippen LogP contribution is -2.31. The standard InChI is InChI=1S/C23H20N2O8S/c1-16-2-12-21(13-3-16)34(30,31)24-14-23(27)32-15-22(26)17-4-8-19(9-5-17)33-20-10-6-18(7-11-20)25(28)29/h2-13,24H,14-15H2,1H3. The third kappa shape index (κ3) is 6.70. The normalized spacial score (nSPS) is 11.0. The molecule has 0 aliphatic rings. The van der Waals surface area contributed by atoms with Crippen LogP contribution in [0.5, 0.6) is 11.5 Å². The Labute approximate surface area is 195 Å². The first-order valence-electron chi connectivity index (χ1n) is 9.91. The molecule has 0 amide bonds. The molecule has 0 heterocycles. The van der Waals surface area contributed by atoms with Gasteiger partial charge in [-0.25, -0.2) is 8.42 Å². The Bertz CT molecular complexity index is 1290. The quantitative estimate of drug-likeness (QED) is 0.200. The number of esters is 1. The van der Waals surface area contributed by atoms with Crippen molar-refractivity contribution in [2.45, 2.75) is 11.8 Å². The molecule has 11 heteroatoms. The molecule has 0 aromatic heterocycles. The van der Waals surface area contributed by atoms with E-state index in [0.29, 0.717) is 11.5 Å². The summed E-state index contributed by atoms with van der Waals surface area (Å²) in [4.78, 5) is 34.3. The van der Waals surface area contributed by atoms with E-state index in [1.807, 2.05) is 6.92 Å². The van der Waals surface area contributed by atoms with E-state index in [1.54, 1.807) is 12.1 Å². The first-order valence-corrected chi connectivity index (χ1v) is 11.4. The number of ketones is 1. The maximum atomic E-state index is 12.3. The van der Waals surface area contributed by atoms with Gasteiger partial charge in [-0.1, -0.05) is 17.7 Å². The summed E-state index contributed by atoms with van der Waals surface area (Å²) in [6.45, 7) is 0.636. The van der Waals surface area contributed by atoms with Gasteiger partial charge >= 0.3 is 5.97 Å². The highest BCUT2D eigenvalue weighted by atomic mass is 32.2. The van der Waals surface area contributed by atoms with E-state index < -0.39 is 39.9 Å². The van der Waals surface area contributed by atoms with Crippen molar-refractivity contribution in [2.75, 3.05) is 13.2 Å². The zero-order valence-electron chi connectivity index (χ0n) is 18.0. The second kappa shape index (κ2) is 10.7. The number of ether oxygens (including phenoxy) is 2. The summed E-state index contributed by atoms with van der Waals surface area (Å²) in [6, 6.07) is 17.6. The monoisotopic (exact) mass is 484 g/mol. The van der Waals surface area contributed by atoms with E-state index >= 15 is 0 Å². The van der Waals surface area contributed by atoms with Crippen LogP contribution in [0, 0.1) is 17.0 Å². The Kier molecular flexibility index (Phi) is 7.71. The topological polar surface area (TPSA) is 142 Å². The molecular weight excluding hydrogens is 464 g/mol. The molecule has 0 saturated carbocycles. The van der Waals surface area contributed by atoms with E-state index in [2.05, 4.69) is 4.72 Å². The second-order valence-corrected chi connectivity index (χ2v) is 8.87. The highest BCUT2D eigenvalue weighted by molar-refractivity contribution is 7.89. The second-order valence-electron chi connectivity index (χ2n) is 7.10. The molecular formula is C23H20N2O8S. The minimum Gasteiger partial charge on any atom is -0.457 e. The molecule has 0 fully saturated rings. The smallest absolute Gasteiger partial charge is 0.321 e. The van der Waals surface area contributed by atoms with Crippen molar-refractivity contribution in [1.29, 1.82) is 0 Å². The summed E-state index contributed by atoms with van der Waals surface area (Å²) >= 11 is 0. The van der Waals surface area contributed by atoms with Gasteiger partial charge in [0.2, 0.25) is 10.0 Å². The van der Waals surface area contributed by atoms with E-state index in [0.717, 1.165) is 5.56 Å².